The smallest absolute Gasteiger partial charge is 0.246 e. The molecule has 0 unspecified atom stereocenters. The van der Waals surface area contributed by atoms with E-state index in [1.807, 2.05) is 54.6 Å². The highest BCUT2D eigenvalue weighted by atomic mass is 16.5. The molecule has 4 fully saturated rings. The van der Waals surface area contributed by atoms with Crippen LogP contribution in [0.25, 0.3) is 10.9 Å². The van der Waals surface area contributed by atoms with Gasteiger partial charge in [-0.3, -0.25) is 33.6 Å². The maximum absolute atomic E-state index is 14.9. The van der Waals surface area contributed by atoms with E-state index in [0.717, 1.165) is 16.5 Å². The molecule has 66 heavy (non-hydrogen) atoms. The molecule has 6 atom stereocenters. The van der Waals surface area contributed by atoms with Gasteiger partial charge in [-0.25, -0.2) is 0 Å². The van der Waals surface area contributed by atoms with Crippen LogP contribution in [-0.4, -0.2) is 111 Å². The molecule has 8 rings (SSSR count). The third kappa shape index (κ3) is 10.1. The van der Waals surface area contributed by atoms with E-state index in [1.54, 1.807) is 30.5 Å². The number of amides is 7. The fourth-order valence-electron chi connectivity index (χ4n) is 9.86. The SMILES string of the molecule is N#Cc1ccc(C[C@@H]2NC(=O)[C@@H]3C[C@@H](OCc4ccccc4)CN3C(=O)[C@H]3CCCN3C(=O)[C@H](CCC(N)=O)NC(=O)[C@H](Cc3c[nH]c4ccccc34)NC(=O)C3(CCCC3)NC2=O)cc1. The number of carbonyl (C=O) groups is 7. The highest BCUT2D eigenvalue weighted by molar-refractivity contribution is 6.00. The molecular weight excluding hydrogens is 843 g/mol. The van der Waals surface area contributed by atoms with Crippen LogP contribution >= 0.6 is 0 Å². The molecule has 3 aliphatic heterocycles. The Labute approximate surface area is 382 Å². The summed E-state index contributed by atoms with van der Waals surface area (Å²) in [4.78, 5) is 107. The first-order chi connectivity index (χ1) is 31.9. The van der Waals surface area contributed by atoms with Crippen molar-refractivity contribution in [2.75, 3.05) is 13.1 Å². The summed E-state index contributed by atoms with van der Waals surface area (Å²) in [6.45, 7) is 0.406. The minimum atomic E-state index is -1.48. The molecule has 0 bridgehead atoms. The number of ether oxygens (including phenoxy) is 1. The Kier molecular flexibility index (Phi) is 13.8. The lowest BCUT2D eigenvalue weighted by atomic mass is 9.93. The maximum atomic E-state index is 14.9. The minimum Gasteiger partial charge on any atom is -0.372 e. The van der Waals surface area contributed by atoms with Gasteiger partial charge in [0.25, 0.3) is 0 Å². The van der Waals surface area contributed by atoms with E-state index < -0.39 is 83.2 Å². The van der Waals surface area contributed by atoms with Crippen LogP contribution in [0.3, 0.4) is 0 Å². The van der Waals surface area contributed by atoms with Crippen LogP contribution in [-0.2, 0) is 57.7 Å². The average Bonchev–Trinajstić information content (AvgIpc) is 4.17. The van der Waals surface area contributed by atoms with Crippen LogP contribution in [0.2, 0.25) is 0 Å². The van der Waals surface area contributed by atoms with E-state index in [-0.39, 0.29) is 71.1 Å². The number of aromatic nitrogens is 1. The molecule has 344 valence electrons. The van der Waals surface area contributed by atoms with E-state index in [0.29, 0.717) is 36.0 Å². The number of hydrogen-bond acceptors (Lipinski definition) is 9. The van der Waals surface area contributed by atoms with Gasteiger partial charge in [0.15, 0.2) is 0 Å². The van der Waals surface area contributed by atoms with Gasteiger partial charge in [-0.1, -0.05) is 73.5 Å². The highest BCUT2D eigenvalue weighted by Crippen LogP contribution is 2.32. The summed E-state index contributed by atoms with van der Waals surface area (Å²) >= 11 is 0. The lowest BCUT2D eigenvalue weighted by Crippen LogP contribution is -2.65. The monoisotopic (exact) mass is 897 g/mol. The maximum Gasteiger partial charge on any atom is 0.246 e. The first-order valence-electron chi connectivity index (χ1n) is 22.7. The van der Waals surface area contributed by atoms with Crippen molar-refractivity contribution in [2.24, 2.45) is 5.73 Å². The molecule has 4 aliphatic rings. The Bertz CT molecular complexity index is 2510. The van der Waals surface area contributed by atoms with E-state index in [4.69, 9.17) is 10.5 Å². The standard InChI is InChI=1S/C49H55N9O8/c50-26-31-16-14-30(15-17-31)23-38-44(61)56-49(20-6-7-21-49)48(65)55-39(24-33-27-52-36-12-5-4-11-35(33)36)43(60)53-37(18-19-42(51)59)46(63)57-22-8-13-40(57)47(64)58-28-34(25-41(58)45(62)54-38)66-29-32-9-2-1-3-10-32/h1-5,9-12,14-17,27,34,37-41,52H,6-8,13,18-25,28-29H2,(H2,51,59)(H,53,60)(H,54,62)(H,55,65)(H,56,61)/t34-,37+,38+,39+,40-,41+/m1/s1. The predicted octanol–water partition coefficient (Wildman–Crippen LogP) is 2.16. The fourth-order valence-corrected chi connectivity index (χ4v) is 9.86. The first kappa shape index (κ1) is 45.5. The third-order valence-corrected chi connectivity index (χ3v) is 13.4. The quantitative estimate of drug-likeness (QED) is 0.136. The van der Waals surface area contributed by atoms with Crippen molar-refractivity contribution in [3.63, 3.8) is 0 Å². The zero-order valence-electron chi connectivity index (χ0n) is 36.6. The number of benzene rings is 3. The van der Waals surface area contributed by atoms with Crippen LogP contribution in [0.5, 0.6) is 0 Å². The number of rotatable bonds is 10. The summed E-state index contributed by atoms with van der Waals surface area (Å²) in [6.07, 6.45) is 3.19. The van der Waals surface area contributed by atoms with Gasteiger partial charge >= 0.3 is 0 Å². The van der Waals surface area contributed by atoms with Crippen LogP contribution < -0.4 is 27.0 Å². The number of nitrogens with one attached hydrogen (secondary N) is 5. The van der Waals surface area contributed by atoms with Gasteiger partial charge in [-0.15, -0.1) is 0 Å². The Morgan fingerprint density at radius 3 is 2.21 bits per heavy atom. The lowest BCUT2D eigenvalue weighted by Gasteiger charge is -2.35. The Morgan fingerprint density at radius 1 is 0.758 bits per heavy atom. The van der Waals surface area contributed by atoms with Crippen molar-refractivity contribution in [3.8, 4) is 6.07 Å². The second-order valence-electron chi connectivity index (χ2n) is 17.9. The zero-order chi connectivity index (χ0) is 46.4. The summed E-state index contributed by atoms with van der Waals surface area (Å²) in [5.41, 5.74) is 7.54. The molecule has 4 heterocycles. The van der Waals surface area contributed by atoms with Crippen molar-refractivity contribution in [3.05, 3.63) is 107 Å². The van der Waals surface area contributed by atoms with Crippen molar-refractivity contribution in [2.45, 2.75) is 119 Å². The van der Waals surface area contributed by atoms with Gasteiger partial charge in [0.2, 0.25) is 41.4 Å². The normalized spacial score (nSPS) is 25.0. The molecule has 7 amide bonds. The van der Waals surface area contributed by atoms with Gasteiger partial charge in [-0.2, -0.15) is 5.26 Å². The van der Waals surface area contributed by atoms with E-state index in [2.05, 4.69) is 32.3 Å². The predicted molar refractivity (Wildman–Crippen MR) is 240 cm³/mol. The van der Waals surface area contributed by atoms with E-state index in [1.165, 1.54) is 9.80 Å². The van der Waals surface area contributed by atoms with Crippen LogP contribution in [0.4, 0.5) is 0 Å². The number of nitriles is 1. The number of nitrogens with zero attached hydrogens (tertiary/aromatic N) is 3. The first-order valence-corrected chi connectivity index (χ1v) is 22.7. The average molecular weight is 898 g/mol. The summed E-state index contributed by atoms with van der Waals surface area (Å²) in [7, 11) is 0. The molecule has 7 N–H and O–H groups in total. The van der Waals surface area contributed by atoms with Crippen LogP contribution in [0.15, 0.2) is 85.1 Å². The zero-order valence-corrected chi connectivity index (χ0v) is 36.6. The number of primary amides is 1. The largest absolute Gasteiger partial charge is 0.372 e. The van der Waals surface area contributed by atoms with Crippen LogP contribution in [0, 0.1) is 11.3 Å². The molecule has 1 aromatic heterocycles. The van der Waals surface area contributed by atoms with Crippen molar-refractivity contribution >= 4 is 52.3 Å². The molecule has 4 aromatic rings. The second kappa shape index (κ2) is 20.0. The minimum absolute atomic E-state index is 0.00555. The molecule has 17 heteroatoms. The number of H-pyrrole nitrogens is 1. The van der Waals surface area contributed by atoms with Gasteiger partial charge in [-0.05, 0) is 67.0 Å². The third-order valence-electron chi connectivity index (χ3n) is 13.4. The van der Waals surface area contributed by atoms with Gasteiger partial charge < -0.3 is 46.5 Å². The topological polar surface area (TPSA) is 249 Å². The Morgan fingerprint density at radius 2 is 1.47 bits per heavy atom. The highest BCUT2D eigenvalue weighted by Gasteiger charge is 2.49. The molecular formula is C49H55N9O8. The molecule has 1 saturated carbocycles. The second-order valence-corrected chi connectivity index (χ2v) is 17.9. The summed E-state index contributed by atoms with van der Waals surface area (Å²) in [6, 6.07) is 19.7. The number of para-hydroxylation sites is 1. The van der Waals surface area contributed by atoms with Gasteiger partial charge in [0.05, 0.1) is 24.3 Å². The summed E-state index contributed by atoms with van der Waals surface area (Å²) < 4.78 is 6.30. The summed E-state index contributed by atoms with van der Waals surface area (Å²) in [5.74, 6) is -4.36. The van der Waals surface area contributed by atoms with Gasteiger partial charge in [0.1, 0.15) is 35.7 Å². The molecule has 3 saturated heterocycles. The number of nitrogens with two attached hydrogens (primary N) is 1. The molecule has 1 spiro atoms. The Balaban J connectivity index is 1.18. The Hall–Kier alpha value is -7.06. The van der Waals surface area contributed by atoms with Crippen molar-refractivity contribution < 1.29 is 38.3 Å². The summed E-state index contributed by atoms with van der Waals surface area (Å²) in [5, 5.41) is 22.0. The number of hydrogen-bond donors (Lipinski definition) is 6. The molecule has 17 nitrogen and oxygen atoms in total. The number of aromatic amines is 1. The van der Waals surface area contributed by atoms with E-state index in [9.17, 15) is 38.8 Å². The fraction of sp³-hybridized carbons (Fsp3) is 0.429. The van der Waals surface area contributed by atoms with E-state index >= 15 is 0 Å². The lowest BCUT2D eigenvalue weighted by molar-refractivity contribution is -0.148. The molecule has 3 aromatic carbocycles. The molecule has 1 aliphatic carbocycles. The van der Waals surface area contributed by atoms with Crippen LogP contribution in [0.1, 0.15) is 80.0 Å². The van der Waals surface area contributed by atoms with Crippen molar-refractivity contribution in [1.82, 2.24) is 36.1 Å². The molecule has 0 radical (unpaired) electrons. The van der Waals surface area contributed by atoms with Gasteiger partial charge in [0, 0.05) is 55.9 Å². The van der Waals surface area contributed by atoms with Crippen molar-refractivity contribution in [1.29, 1.82) is 5.26 Å². The number of fused-ring (bicyclic) bond motifs is 3. The number of carbonyl (C=O) groups excluding carboxylic acids is 7.